The zero-order valence-electron chi connectivity index (χ0n) is 11.0. The van der Waals surface area contributed by atoms with E-state index in [2.05, 4.69) is 22.1 Å². The van der Waals surface area contributed by atoms with Crippen LogP contribution in [0.3, 0.4) is 0 Å². The van der Waals surface area contributed by atoms with Gasteiger partial charge in [-0.15, -0.1) is 0 Å². The number of rotatable bonds is 1. The molecule has 0 aliphatic carbocycles. The van der Waals surface area contributed by atoms with Crippen molar-refractivity contribution in [3.8, 4) is 11.3 Å². The highest BCUT2D eigenvalue weighted by atomic mass is 16.3. The highest BCUT2D eigenvalue weighted by Crippen LogP contribution is 2.33. The van der Waals surface area contributed by atoms with Crippen LogP contribution in [0.1, 0.15) is 5.69 Å². The van der Waals surface area contributed by atoms with Gasteiger partial charge in [-0.2, -0.15) is 0 Å². The first-order valence-electron chi connectivity index (χ1n) is 6.52. The highest BCUT2D eigenvalue weighted by Gasteiger charge is 2.12. The Kier molecular flexibility index (Phi) is 2.33. The van der Waals surface area contributed by atoms with Crippen molar-refractivity contribution in [2.45, 2.75) is 6.92 Å². The van der Waals surface area contributed by atoms with Crippen LogP contribution in [-0.4, -0.2) is 9.97 Å². The first-order valence-corrected chi connectivity index (χ1v) is 6.52. The van der Waals surface area contributed by atoms with Crippen LogP contribution in [0.4, 0.5) is 0 Å². The number of fused-ring (bicyclic) bond motifs is 3. The number of aromatic nitrogens is 2. The fraction of sp³-hybridized carbons (Fsp3) is 0.0588. The molecule has 0 fully saturated rings. The van der Waals surface area contributed by atoms with Gasteiger partial charge in [-0.05, 0) is 37.3 Å². The minimum absolute atomic E-state index is 0.836. The smallest absolute Gasteiger partial charge is 0.160 e. The molecule has 3 heterocycles. The van der Waals surface area contributed by atoms with E-state index in [0.29, 0.717) is 0 Å². The van der Waals surface area contributed by atoms with E-state index in [1.54, 1.807) is 6.26 Å². The average Bonchev–Trinajstić information content (AvgIpc) is 2.96. The number of nitrogens with zero attached hydrogens (tertiary/aromatic N) is 2. The van der Waals surface area contributed by atoms with Crippen LogP contribution in [0.25, 0.3) is 33.1 Å². The van der Waals surface area contributed by atoms with Crippen molar-refractivity contribution in [3.63, 3.8) is 0 Å². The monoisotopic (exact) mass is 260 g/mol. The molecule has 4 aromatic rings. The van der Waals surface area contributed by atoms with Crippen LogP contribution in [-0.2, 0) is 0 Å². The summed E-state index contributed by atoms with van der Waals surface area (Å²) in [7, 11) is 0. The zero-order valence-corrected chi connectivity index (χ0v) is 11.0. The lowest BCUT2D eigenvalue weighted by Crippen LogP contribution is -1.89. The van der Waals surface area contributed by atoms with Crippen molar-refractivity contribution in [1.29, 1.82) is 0 Å². The Morgan fingerprint density at radius 2 is 2.00 bits per heavy atom. The molecular weight excluding hydrogens is 248 g/mol. The lowest BCUT2D eigenvalue weighted by atomic mass is 10.0. The summed E-state index contributed by atoms with van der Waals surface area (Å²) in [6.45, 7) is 1.99. The number of furan rings is 1. The molecule has 0 aliphatic rings. The third-order valence-electron chi connectivity index (χ3n) is 3.48. The van der Waals surface area contributed by atoms with Crippen molar-refractivity contribution in [1.82, 2.24) is 9.97 Å². The molecule has 96 valence electrons. The molecule has 4 rings (SSSR count). The first kappa shape index (κ1) is 11.2. The van der Waals surface area contributed by atoms with E-state index in [4.69, 9.17) is 4.42 Å². The minimum Gasteiger partial charge on any atom is -0.462 e. The molecule has 3 nitrogen and oxygen atoms in total. The van der Waals surface area contributed by atoms with Gasteiger partial charge in [0, 0.05) is 28.2 Å². The number of hydrogen-bond acceptors (Lipinski definition) is 3. The number of hydrogen-bond donors (Lipinski definition) is 0. The highest BCUT2D eigenvalue weighted by molar-refractivity contribution is 6.09. The van der Waals surface area contributed by atoms with Gasteiger partial charge in [0.1, 0.15) is 5.52 Å². The van der Waals surface area contributed by atoms with E-state index in [-0.39, 0.29) is 0 Å². The van der Waals surface area contributed by atoms with Crippen molar-refractivity contribution in [3.05, 3.63) is 60.6 Å². The van der Waals surface area contributed by atoms with Gasteiger partial charge in [0.05, 0.1) is 12.0 Å². The number of pyridine rings is 2. The predicted molar refractivity (Wildman–Crippen MR) is 79.5 cm³/mol. The van der Waals surface area contributed by atoms with Gasteiger partial charge in [-0.1, -0.05) is 12.1 Å². The number of aryl methyl sites for hydroxylation is 1. The van der Waals surface area contributed by atoms with Crippen LogP contribution in [0.15, 0.2) is 59.3 Å². The zero-order chi connectivity index (χ0) is 13.5. The Morgan fingerprint density at radius 3 is 2.85 bits per heavy atom. The van der Waals surface area contributed by atoms with Crippen molar-refractivity contribution in [2.24, 2.45) is 0 Å². The average molecular weight is 260 g/mol. The van der Waals surface area contributed by atoms with Crippen LogP contribution in [0.2, 0.25) is 0 Å². The van der Waals surface area contributed by atoms with Crippen LogP contribution >= 0.6 is 0 Å². The number of benzene rings is 1. The van der Waals surface area contributed by atoms with E-state index in [1.165, 1.54) is 0 Å². The van der Waals surface area contributed by atoms with E-state index in [0.717, 1.165) is 38.8 Å². The molecule has 0 radical (unpaired) electrons. The Hall–Kier alpha value is -2.68. The summed E-state index contributed by atoms with van der Waals surface area (Å²) >= 11 is 0. The summed E-state index contributed by atoms with van der Waals surface area (Å²) < 4.78 is 5.59. The predicted octanol–water partition coefficient (Wildman–Crippen LogP) is 4.35. The minimum atomic E-state index is 0.836. The van der Waals surface area contributed by atoms with Gasteiger partial charge in [0.15, 0.2) is 5.58 Å². The third kappa shape index (κ3) is 1.60. The van der Waals surface area contributed by atoms with E-state index < -0.39 is 0 Å². The second kappa shape index (κ2) is 4.17. The van der Waals surface area contributed by atoms with Crippen molar-refractivity contribution >= 4 is 21.9 Å². The molecular formula is C17H12N2O. The molecule has 0 saturated heterocycles. The maximum atomic E-state index is 5.59. The van der Waals surface area contributed by atoms with Crippen LogP contribution in [0, 0.1) is 6.92 Å². The van der Waals surface area contributed by atoms with Crippen molar-refractivity contribution < 1.29 is 4.42 Å². The quantitative estimate of drug-likeness (QED) is 0.510. The van der Waals surface area contributed by atoms with Gasteiger partial charge in [0.25, 0.3) is 0 Å². The molecule has 0 amide bonds. The Labute approximate surface area is 115 Å². The van der Waals surface area contributed by atoms with Gasteiger partial charge in [-0.3, -0.25) is 4.98 Å². The van der Waals surface area contributed by atoms with Gasteiger partial charge in [0.2, 0.25) is 0 Å². The Balaban J connectivity index is 2.18. The molecule has 20 heavy (non-hydrogen) atoms. The Bertz CT molecular complexity index is 910. The molecule has 0 aliphatic heterocycles. The molecule has 0 spiro atoms. The van der Waals surface area contributed by atoms with Crippen molar-refractivity contribution in [2.75, 3.05) is 0 Å². The molecule has 3 heteroatoms. The largest absolute Gasteiger partial charge is 0.462 e. The van der Waals surface area contributed by atoms with E-state index >= 15 is 0 Å². The van der Waals surface area contributed by atoms with Gasteiger partial charge >= 0.3 is 0 Å². The Morgan fingerprint density at radius 1 is 1.05 bits per heavy atom. The molecule has 0 unspecified atom stereocenters. The van der Waals surface area contributed by atoms with E-state index in [9.17, 15) is 0 Å². The first-order chi connectivity index (χ1) is 9.83. The summed E-state index contributed by atoms with van der Waals surface area (Å²) in [5, 5.41) is 2.12. The fourth-order valence-corrected chi connectivity index (χ4v) is 2.54. The summed E-state index contributed by atoms with van der Waals surface area (Å²) in [4.78, 5) is 9.09. The normalized spacial score (nSPS) is 11.2. The van der Waals surface area contributed by atoms with Gasteiger partial charge < -0.3 is 4.42 Å². The van der Waals surface area contributed by atoms with Crippen LogP contribution < -0.4 is 0 Å². The SMILES string of the molecule is Cc1ccc2c(-c3ccccn3)cc3ccoc3c2n1. The summed E-state index contributed by atoms with van der Waals surface area (Å²) in [5.74, 6) is 0. The third-order valence-corrected chi connectivity index (χ3v) is 3.48. The van der Waals surface area contributed by atoms with Crippen LogP contribution in [0.5, 0.6) is 0 Å². The molecule has 0 saturated carbocycles. The fourth-order valence-electron chi connectivity index (χ4n) is 2.54. The maximum Gasteiger partial charge on any atom is 0.160 e. The molecule has 0 bridgehead atoms. The summed E-state index contributed by atoms with van der Waals surface area (Å²) in [6.07, 6.45) is 3.51. The second-order valence-electron chi connectivity index (χ2n) is 4.83. The molecule has 0 N–H and O–H groups in total. The van der Waals surface area contributed by atoms with Gasteiger partial charge in [-0.25, -0.2) is 4.98 Å². The maximum absolute atomic E-state index is 5.59. The molecule has 1 aromatic carbocycles. The second-order valence-corrected chi connectivity index (χ2v) is 4.83. The molecule has 0 atom stereocenters. The summed E-state index contributed by atoms with van der Waals surface area (Å²) in [5.41, 5.74) is 4.75. The lowest BCUT2D eigenvalue weighted by Gasteiger charge is -2.07. The molecule has 3 aromatic heterocycles. The lowest BCUT2D eigenvalue weighted by molar-refractivity contribution is 0.618. The van der Waals surface area contributed by atoms with E-state index in [1.807, 2.05) is 43.5 Å². The topological polar surface area (TPSA) is 38.9 Å². The summed E-state index contributed by atoms with van der Waals surface area (Å²) in [6, 6.07) is 14.1. The standard InChI is InChI=1S/C17H12N2O/c1-11-5-6-13-14(15-4-2-3-8-18-15)10-12-7-9-20-17(12)16(13)19-11/h2-10H,1H3.